The molecule has 2 heteroatoms. The molecule has 1 atom stereocenters. The fourth-order valence-corrected chi connectivity index (χ4v) is 3.65. The van der Waals surface area contributed by atoms with E-state index in [1.165, 1.54) is 16.6 Å². The molecule has 1 unspecified atom stereocenters. The molecule has 0 aliphatic carbocycles. The number of anilines is 1. The van der Waals surface area contributed by atoms with Gasteiger partial charge in [-0.3, -0.25) is 0 Å². The third-order valence-electron chi connectivity index (χ3n) is 4.78. The molecule has 3 aromatic rings. The van der Waals surface area contributed by atoms with Gasteiger partial charge >= 0.3 is 0 Å². The second-order valence-corrected chi connectivity index (χ2v) is 6.26. The summed E-state index contributed by atoms with van der Waals surface area (Å²) in [6.07, 6.45) is 1.81. The van der Waals surface area contributed by atoms with Crippen molar-refractivity contribution in [2.45, 2.75) is 18.9 Å². The van der Waals surface area contributed by atoms with Gasteiger partial charge in [-0.15, -0.1) is 0 Å². The molecule has 0 radical (unpaired) electrons. The molecule has 4 rings (SSSR count). The van der Waals surface area contributed by atoms with E-state index >= 15 is 0 Å². The summed E-state index contributed by atoms with van der Waals surface area (Å²) in [4.78, 5) is 2.32. The molecule has 23 heavy (non-hydrogen) atoms. The number of aliphatic hydroxyl groups is 1. The van der Waals surface area contributed by atoms with Gasteiger partial charge in [-0.2, -0.15) is 0 Å². The van der Waals surface area contributed by atoms with E-state index in [1.807, 2.05) is 24.3 Å². The van der Waals surface area contributed by atoms with Crippen molar-refractivity contribution in [1.29, 1.82) is 0 Å². The second-order valence-electron chi connectivity index (χ2n) is 6.26. The van der Waals surface area contributed by atoms with E-state index in [0.29, 0.717) is 6.54 Å². The van der Waals surface area contributed by atoms with Crippen molar-refractivity contribution in [3.8, 4) is 0 Å². The molecule has 1 aliphatic rings. The van der Waals surface area contributed by atoms with Crippen LogP contribution in [0.1, 0.15) is 23.7 Å². The van der Waals surface area contributed by atoms with Crippen LogP contribution in [0.3, 0.4) is 0 Å². The summed E-state index contributed by atoms with van der Waals surface area (Å²) >= 11 is 0. The minimum atomic E-state index is -0.479. The lowest BCUT2D eigenvalue weighted by Crippen LogP contribution is -2.33. The van der Waals surface area contributed by atoms with Crippen LogP contribution in [0.2, 0.25) is 0 Å². The molecule has 116 valence electrons. The first kappa shape index (κ1) is 14.3. The van der Waals surface area contributed by atoms with Crippen molar-refractivity contribution < 1.29 is 5.11 Å². The molecular formula is C21H21NO. The van der Waals surface area contributed by atoms with Crippen LogP contribution in [0.25, 0.3) is 10.8 Å². The number of fused-ring (bicyclic) bond motifs is 2. The van der Waals surface area contributed by atoms with Gasteiger partial charge in [-0.25, -0.2) is 0 Å². The predicted molar refractivity (Wildman–Crippen MR) is 95.9 cm³/mol. The number of para-hydroxylation sites is 1. The average Bonchev–Trinajstić information content (AvgIpc) is 2.61. The SMILES string of the molecule is OC(CN1CCCc2ccccc21)c1cccc2ccccc12. The van der Waals surface area contributed by atoms with Crippen LogP contribution in [-0.4, -0.2) is 18.2 Å². The fraction of sp³-hybridized carbons (Fsp3) is 0.238. The molecule has 0 saturated carbocycles. The third-order valence-corrected chi connectivity index (χ3v) is 4.78. The highest BCUT2D eigenvalue weighted by Gasteiger charge is 2.20. The molecular weight excluding hydrogens is 282 g/mol. The van der Waals surface area contributed by atoms with Gasteiger partial charge in [-0.05, 0) is 40.8 Å². The number of hydrogen-bond acceptors (Lipinski definition) is 2. The smallest absolute Gasteiger partial charge is 0.0970 e. The molecule has 1 heterocycles. The second kappa shape index (κ2) is 6.05. The summed E-state index contributed by atoms with van der Waals surface area (Å²) in [5.41, 5.74) is 3.69. The molecule has 0 bridgehead atoms. The Hall–Kier alpha value is -2.32. The van der Waals surface area contributed by atoms with Crippen LogP contribution in [-0.2, 0) is 6.42 Å². The Labute approximate surface area is 137 Å². The predicted octanol–water partition coefficient (Wildman–Crippen LogP) is 4.33. The van der Waals surface area contributed by atoms with Crippen molar-refractivity contribution >= 4 is 16.5 Å². The molecule has 0 amide bonds. The van der Waals surface area contributed by atoms with Gasteiger partial charge in [0.2, 0.25) is 0 Å². The number of hydrogen-bond donors (Lipinski definition) is 1. The van der Waals surface area contributed by atoms with Crippen molar-refractivity contribution in [3.05, 3.63) is 77.9 Å². The van der Waals surface area contributed by atoms with Crippen LogP contribution >= 0.6 is 0 Å². The van der Waals surface area contributed by atoms with Crippen LogP contribution in [0.4, 0.5) is 5.69 Å². The topological polar surface area (TPSA) is 23.5 Å². The van der Waals surface area contributed by atoms with E-state index in [9.17, 15) is 5.11 Å². The van der Waals surface area contributed by atoms with Crippen LogP contribution < -0.4 is 4.90 Å². The van der Waals surface area contributed by atoms with Gasteiger partial charge in [0.05, 0.1) is 6.10 Å². The number of benzene rings is 3. The molecule has 0 aromatic heterocycles. The highest BCUT2D eigenvalue weighted by molar-refractivity contribution is 5.86. The van der Waals surface area contributed by atoms with Gasteiger partial charge in [0.25, 0.3) is 0 Å². The Morgan fingerprint density at radius 1 is 0.913 bits per heavy atom. The maximum absolute atomic E-state index is 10.9. The van der Waals surface area contributed by atoms with Crippen molar-refractivity contribution in [2.24, 2.45) is 0 Å². The summed E-state index contributed by atoms with van der Waals surface area (Å²) in [7, 11) is 0. The van der Waals surface area contributed by atoms with E-state index in [0.717, 1.165) is 30.3 Å². The number of β-amino-alcohol motifs (C(OH)–C–C–N with tert-alkyl or cyclic N) is 1. The lowest BCUT2D eigenvalue weighted by Gasteiger charge is -2.33. The summed E-state index contributed by atoms with van der Waals surface area (Å²) in [6.45, 7) is 1.66. The maximum Gasteiger partial charge on any atom is 0.0970 e. The quantitative estimate of drug-likeness (QED) is 0.778. The van der Waals surface area contributed by atoms with E-state index < -0.39 is 6.10 Å². The van der Waals surface area contributed by atoms with Gasteiger partial charge in [-0.1, -0.05) is 60.7 Å². The number of rotatable bonds is 3. The zero-order valence-electron chi connectivity index (χ0n) is 13.2. The largest absolute Gasteiger partial charge is 0.387 e. The summed E-state index contributed by atoms with van der Waals surface area (Å²) in [5, 5.41) is 13.2. The van der Waals surface area contributed by atoms with E-state index in [2.05, 4.69) is 47.4 Å². The van der Waals surface area contributed by atoms with Gasteiger partial charge in [0.1, 0.15) is 0 Å². The van der Waals surface area contributed by atoms with E-state index in [-0.39, 0.29) is 0 Å². The molecule has 1 N–H and O–H groups in total. The van der Waals surface area contributed by atoms with Crippen molar-refractivity contribution in [1.82, 2.24) is 0 Å². The Morgan fingerprint density at radius 3 is 2.65 bits per heavy atom. The standard InChI is InChI=1S/C21H21NO/c23-21(19-12-5-9-16-7-1-3-11-18(16)19)15-22-14-6-10-17-8-2-4-13-20(17)22/h1-5,7-9,11-13,21,23H,6,10,14-15H2. The van der Waals surface area contributed by atoms with Crippen molar-refractivity contribution in [3.63, 3.8) is 0 Å². The minimum Gasteiger partial charge on any atom is -0.387 e. The van der Waals surface area contributed by atoms with Crippen LogP contribution in [0, 0.1) is 0 Å². The minimum absolute atomic E-state index is 0.479. The summed E-state index contributed by atoms with van der Waals surface area (Å²) in [5.74, 6) is 0. The summed E-state index contributed by atoms with van der Waals surface area (Å²) < 4.78 is 0. The van der Waals surface area contributed by atoms with Gasteiger partial charge < -0.3 is 10.0 Å². The molecule has 0 spiro atoms. The fourth-order valence-electron chi connectivity index (χ4n) is 3.65. The number of aliphatic hydroxyl groups excluding tert-OH is 1. The van der Waals surface area contributed by atoms with Gasteiger partial charge in [0.15, 0.2) is 0 Å². The first-order chi connectivity index (χ1) is 11.3. The van der Waals surface area contributed by atoms with E-state index in [4.69, 9.17) is 0 Å². The lowest BCUT2D eigenvalue weighted by atomic mass is 9.98. The Balaban J connectivity index is 1.64. The zero-order chi connectivity index (χ0) is 15.6. The first-order valence-corrected chi connectivity index (χ1v) is 8.31. The third kappa shape index (κ3) is 2.71. The highest BCUT2D eigenvalue weighted by atomic mass is 16.3. The highest BCUT2D eigenvalue weighted by Crippen LogP contribution is 2.30. The zero-order valence-corrected chi connectivity index (χ0v) is 13.2. The Kier molecular flexibility index (Phi) is 3.76. The maximum atomic E-state index is 10.9. The molecule has 0 fully saturated rings. The average molecular weight is 303 g/mol. The monoisotopic (exact) mass is 303 g/mol. The molecule has 0 saturated heterocycles. The first-order valence-electron chi connectivity index (χ1n) is 8.31. The number of aryl methyl sites for hydroxylation is 1. The lowest BCUT2D eigenvalue weighted by molar-refractivity contribution is 0.184. The molecule has 2 nitrogen and oxygen atoms in total. The molecule has 3 aromatic carbocycles. The van der Waals surface area contributed by atoms with Crippen LogP contribution in [0.5, 0.6) is 0 Å². The Bertz CT molecular complexity index is 821. The summed E-state index contributed by atoms with van der Waals surface area (Å²) in [6, 6.07) is 23.0. The normalized spacial score (nSPS) is 15.4. The van der Waals surface area contributed by atoms with E-state index in [1.54, 1.807) is 0 Å². The van der Waals surface area contributed by atoms with Crippen LogP contribution in [0.15, 0.2) is 66.7 Å². The van der Waals surface area contributed by atoms with Crippen molar-refractivity contribution in [2.75, 3.05) is 18.0 Å². The molecule has 1 aliphatic heterocycles. The Morgan fingerprint density at radius 2 is 1.70 bits per heavy atom. The van der Waals surface area contributed by atoms with Gasteiger partial charge in [0, 0.05) is 18.8 Å². The number of nitrogens with zero attached hydrogens (tertiary/aromatic N) is 1.